The zero-order valence-corrected chi connectivity index (χ0v) is 17.5. The molecule has 0 spiro atoms. The van der Waals surface area contributed by atoms with Gasteiger partial charge in [-0.1, -0.05) is 19.3 Å². The third-order valence-corrected chi connectivity index (χ3v) is 6.05. The summed E-state index contributed by atoms with van der Waals surface area (Å²) in [5.41, 5.74) is 12.7. The second-order valence-corrected chi connectivity index (χ2v) is 8.13. The summed E-state index contributed by atoms with van der Waals surface area (Å²) in [6.45, 7) is 1.35. The van der Waals surface area contributed by atoms with Gasteiger partial charge >= 0.3 is 0 Å². The molecular formula is C24H32N4O2. The number of hydrogen-bond donors (Lipinski definition) is 4. The van der Waals surface area contributed by atoms with Gasteiger partial charge in [-0.2, -0.15) is 0 Å². The fraction of sp³-hybridized carbons (Fsp3) is 0.417. The van der Waals surface area contributed by atoms with Crippen molar-refractivity contribution < 1.29 is 9.47 Å². The summed E-state index contributed by atoms with van der Waals surface area (Å²) in [4.78, 5) is 0. The van der Waals surface area contributed by atoms with Gasteiger partial charge in [-0.15, -0.1) is 0 Å². The van der Waals surface area contributed by atoms with Crippen molar-refractivity contribution in [2.24, 2.45) is 16.9 Å². The molecule has 1 fully saturated rings. The summed E-state index contributed by atoms with van der Waals surface area (Å²) in [6.07, 6.45) is 8.28. The number of rotatable bonds is 10. The van der Waals surface area contributed by atoms with E-state index in [9.17, 15) is 0 Å². The van der Waals surface area contributed by atoms with Gasteiger partial charge in [0.25, 0.3) is 0 Å². The summed E-state index contributed by atoms with van der Waals surface area (Å²) >= 11 is 0. The van der Waals surface area contributed by atoms with E-state index < -0.39 is 0 Å². The molecule has 6 nitrogen and oxygen atoms in total. The van der Waals surface area contributed by atoms with Crippen LogP contribution in [0.5, 0.6) is 11.5 Å². The Hall–Kier alpha value is -3.02. The molecule has 0 aliphatic heterocycles. The third-order valence-electron chi connectivity index (χ3n) is 6.05. The van der Waals surface area contributed by atoms with Crippen molar-refractivity contribution in [1.29, 1.82) is 10.8 Å². The van der Waals surface area contributed by atoms with Crippen LogP contribution < -0.4 is 20.9 Å². The molecule has 2 aromatic rings. The molecule has 160 valence electrons. The smallest absolute Gasteiger partial charge is 0.122 e. The highest BCUT2D eigenvalue weighted by Gasteiger charge is 2.31. The van der Waals surface area contributed by atoms with Crippen molar-refractivity contribution in [3.05, 3.63) is 59.7 Å². The minimum absolute atomic E-state index is 0.0682. The van der Waals surface area contributed by atoms with Crippen LogP contribution in [0, 0.1) is 16.2 Å². The Balaban J connectivity index is 1.51. The van der Waals surface area contributed by atoms with Crippen molar-refractivity contribution in [2.75, 3.05) is 13.2 Å². The van der Waals surface area contributed by atoms with E-state index in [4.69, 9.17) is 31.8 Å². The molecular weight excluding hydrogens is 376 g/mol. The molecule has 0 heterocycles. The zero-order valence-electron chi connectivity index (χ0n) is 17.5. The highest BCUT2D eigenvalue weighted by atomic mass is 16.5. The molecule has 1 saturated carbocycles. The van der Waals surface area contributed by atoms with Crippen LogP contribution in [-0.2, 0) is 0 Å². The van der Waals surface area contributed by atoms with Gasteiger partial charge in [0.05, 0.1) is 13.2 Å². The van der Waals surface area contributed by atoms with Crippen molar-refractivity contribution in [1.82, 2.24) is 0 Å². The van der Waals surface area contributed by atoms with Crippen LogP contribution in [0.4, 0.5) is 0 Å². The summed E-state index contributed by atoms with van der Waals surface area (Å²) in [7, 11) is 0. The van der Waals surface area contributed by atoms with E-state index in [0.29, 0.717) is 24.3 Å². The van der Waals surface area contributed by atoms with E-state index in [-0.39, 0.29) is 17.1 Å². The lowest BCUT2D eigenvalue weighted by atomic mass is 9.70. The topological polar surface area (TPSA) is 118 Å². The highest BCUT2D eigenvalue weighted by Crippen LogP contribution is 2.42. The first-order valence-electron chi connectivity index (χ1n) is 10.6. The Morgan fingerprint density at radius 2 is 1.10 bits per heavy atom. The maximum Gasteiger partial charge on any atom is 0.122 e. The molecule has 1 aliphatic carbocycles. The Kier molecular flexibility index (Phi) is 7.33. The van der Waals surface area contributed by atoms with Crippen LogP contribution in [0.25, 0.3) is 0 Å². The average Bonchev–Trinajstić information content (AvgIpc) is 2.75. The van der Waals surface area contributed by atoms with E-state index in [1.54, 1.807) is 0 Å². The van der Waals surface area contributed by atoms with E-state index in [2.05, 4.69) is 0 Å². The lowest BCUT2D eigenvalue weighted by molar-refractivity contribution is 0.103. The monoisotopic (exact) mass is 408 g/mol. The van der Waals surface area contributed by atoms with Crippen LogP contribution in [0.3, 0.4) is 0 Å². The van der Waals surface area contributed by atoms with Gasteiger partial charge < -0.3 is 20.9 Å². The van der Waals surface area contributed by atoms with Gasteiger partial charge in [0.15, 0.2) is 0 Å². The van der Waals surface area contributed by atoms with Crippen molar-refractivity contribution in [3.63, 3.8) is 0 Å². The normalized spacial score (nSPS) is 15.3. The molecule has 2 aromatic carbocycles. The maximum atomic E-state index is 7.47. The molecule has 6 heteroatoms. The lowest BCUT2D eigenvalue weighted by Gasteiger charge is -2.37. The lowest BCUT2D eigenvalue weighted by Crippen LogP contribution is -2.28. The third kappa shape index (κ3) is 5.99. The standard InChI is InChI=1S/C24H32N4O2/c25-22(26)18-4-8-20(9-5-18)29-16-14-24(12-2-1-3-13-24)15-17-30-21-10-6-19(7-11-21)23(27)28/h4-11H,1-3,12-17H2,(H3,25,26)(H3,27,28). The number of nitrogens with two attached hydrogens (primary N) is 2. The quantitative estimate of drug-likeness (QED) is 0.343. The summed E-state index contributed by atoms with van der Waals surface area (Å²) < 4.78 is 12.0. The van der Waals surface area contributed by atoms with Crippen LogP contribution in [0.15, 0.2) is 48.5 Å². The second kappa shape index (κ2) is 10.1. The van der Waals surface area contributed by atoms with Crippen LogP contribution in [0.1, 0.15) is 56.1 Å². The molecule has 6 N–H and O–H groups in total. The SMILES string of the molecule is N=C(N)c1ccc(OCCC2(CCOc3ccc(C(=N)N)cc3)CCCCC2)cc1. The fourth-order valence-corrected chi connectivity index (χ4v) is 4.16. The first-order chi connectivity index (χ1) is 14.5. The minimum Gasteiger partial charge on any atom is -0.494 e. The van der Waals surface area contributed by atoms with Gasteiger partial charge in [-0.3, -0.25) is 10.8 Å². The highest BCUT2D eigenvalue weighted by molar-refractivity contribution is 5.95. The predicted octanol–water partition coefficient (Wildman–Crippen LogP) is 4.44. The maximum absolute atomic E-state index is 7.47. The number of nitrogens with one attached hydrogen (secondary N) is 2. The molecule has 0 amide bonds. The molecule has 0 aromatic heterocycles. The van der Waals surface area contributed by atoms with E-state index in [0.717, 1.165) is 24.3 Å². The van der Waals surface area contributed by atoms with Crippen molar-refractivity contribution in [2.45, 2.75) is 44.9 Å². The Morgan fingerprint density at radius 3 is 1.47 bits per heavy atom. The molecule has 0 bridgehead atoms. The molecule has 0 radical (unpaired) electrons. The number of amidine groups is 2. The van der Waals surface area contributed by atoms with Gasteiger partial charge in [0, 0.05) is 11.1 Å². The summed E-state index contributed by atoms with van der Waals surface area (Å²) in [5.74, 6) is 1.76. The van der Waals surface area contributed by atoms with E-state index in [1.165, 1.54) is 32.1 Å². The fourth-order valence-electron chi connectivity index (χ4n) is 4.16. The van der Waals surface area contributed by atoms with Crippen LogP contribution in [-0.4, -0.2) is 24.9 Å². The number of ether oxygens (including phenoxy) is 2. The van der Waals surface area contributed by atoms with Crippen molar-refractivity contribution in [3.8, 4) is 11.5 Å². The average molecular weight is 409 g/mol. The van der Waals surface area contributed by atoms with Crippen LogP contribution >= 0.6 is 0 Å². The minimum atomic E-state index is 0.0682. The first kappa shape index (κ1) is 21.7. The number of benzene rings is 2. The summed E-state index contributed by atoms with van der Waals surface area (Å²) in [5, 5.41) is 14.9. The molecule has 0 atom stereocenters. The Labute approximate surface area is 178 Å². The van der Waals surface area contributed by atoms with Gasteiger partial charge in [-0.05, 0) is 79.6 Å². The van der Waals surface area contributed by atoms with E-state index in [1.807, 2.05) is 48.5 Å². The number of hydrogen-bond acceptors (Lipinski definition) is 4. The summed E-state index contributed by atoms with van der Waals surface area (Å²) in [6, 6.07) is 14.8. The largest absolute Gasteiger partial charge is 0.494 e. The molecule has 1 aliphatic rings. The zero-order chi connectivity index (χ0) is 21.4. The van der Waals surface area contributed by atoms with Gasteiger partial charge in [0.1, 0.15) is 23.2 Å². The molecule has 3 rings (SSSR count). The first-order valence-corrected chi connectivity index (χ1v) is 10.6. The molecule has 30 heavy (non-hydrogen) atoms. The molecule has 0 saturated heterocycles. The Morgan fingerprint density at radius 1 is 0.700 bits per heavy atom. The van der Waals surface area contributed by atoms with E-state index >= 15 is 0 Å². The Bertz CT molecular complexity index is 775. The van der Waals surface area contributed by atoms with Crippen LogP contribution in [0.2, 0.25) is 0 Å². The second-order valence-electron chi connectivity index (χ2n) is 8.13. The number of nitrogen functional groups attached to an aromatic ring is 2. The molecule has 0 unspecified atom stereocenters. The van der Waals surface area contributed by atoms with Crippen molar-refractivity contribution >= 4 is 11.7 Å². The van der Waals surface area contributed by atoms with Gasteiger partial charge in [-0.25, -0.2) is 0 Å². The van der Waals surface area contributed by atoms with Gasteiger partial charge in [0.2, 0.25) is 0 Å². The predicted molar refractivity (Wildman–Crippen MR) is 121 cm³/mol.